The predicted octanol–water partition coefficient (Wildman–Crippen LogP) is 2.06. The molecule has 2 aromatic rings. The second-order valence-corrected chi connectivity index (χ2v) is 7.45. The van der Waals surface area contributed by atoms with Crippen molar-refractivity contribution in [2.75, 3.05) is 6.61 Å². The Hall–Kier alpha value is -1.06. The van der Waals surface area contributed by atoms with Crippen LogP contribution in [0.15, 0.2) is 36.4 Å². The molecular formula is C20H24LiO2P. The molecule has 0 aromatic heterocycles. The van der Waals surface area contributed by atoms with Gasteiger partial charge in [-0.3, -0.25) is 0 Å². The van der Waals surface area contributed by atoms with Crippen molar-refractivity contribution in [3.63, 3.8) is 0 Å². The van der Waals surface area contributed by atoms with E-state index in [0.717, 1.165) is 41.9 Å². The molecule has 2 aromatic carbocycles. The molecular weight excluding hydrogens is 310 g/mol. The molecule has 0 radical (unpaired) electrons. The normalized spacial score (nSPS) is 10.9. The summed E-state index contributed by atoms with van der Waals surface area (Å²) in [6.07, 6.45) is 0. The molecule has 0 N–H and O–H groups in total. The molecule has 0 aliphatic rings. The van der Waals surface area contributed by atoms with Gasteiger partial charge in [-0.1, -0.05) is 43.7 Å². The Balaban J connectivity index is 0.00000288. The molecule has 0 heterocycles. The first-order valence-electron chi connectivity index (χ1n) is 7.94. The molecule has 0 bridgehead atoms. The number of rotatable bonds is 6. The zero-order valence-electron chi connectivity index (χ0n) is 15.5. The molecule has 0 atom stereocenters. The van der Waals surface area contributed by atoms with E-state index in [-0.39, 0.29) is 24.4 Å². The maximum Gasteiger partial charge on any atom is 1.00 e. The first-order chi connectivity index (χ1) is 10.9. The van der Waals surface area contributed by atoms with Gasteiger partial charge < -0.3 is 18.1 Å². The number of carbonyl (C=O) groups excluding carboxylic acids is 1. The smallest absolute Gasteiger partial charge is 0.493 e. The van der Waals surface area contributed by atoms with Gasteiger partial charge in [0, 0.05) is 5.52 Å². The van der Waals surface area contributed by atoms with Crippen molar-refractivity contribution in [3.05, 3.63) is 58.7 Å². The van der Waals surface area contributed by atoms with Crippen molar-refractivity contribution in [1.29, 1.82) is 0 Å². The molecule has 0 spiro atoms. The van der Waals surface area contributed by atoms with Crippen molar-refractivity contribution in [1.82, 2.24) is 0 Å². The Bertz CT molecular complexity index is 691. The van der Waals surface area contributed by atoms with Crippen LogP contribution in [-0.2, 0) is 0 Å². The van der Waals surface area contributed by atoms with E-state index in [1.54, 1.807) is 0 Å². The monoisotopic (exact) mass is 334 g/mol. The molecule has 2 nitrogen and oxygen atoms in total. The van der Waals surface area contributed by atoms with Crippen molar-refractivity contribution in [3.8, 4) is 5.75 Å². The fourth-order valence-corrected chi connectivity index (χ4v) is 3.50. The topological polar surface area (TPSA) is 26.3 Å². The van der Waals surface area contributed by atoms with Crippen molar-refractivity contribution >= 4 is 19.4 Å². The zero-order chi connectivity index (χ0) is 17.0. The summed E-state index contributed by atoms with van der Waals surface area (Å²) in [5.41, 5.74) is 4.16. The zero-order valence-corrected chi connectivity index (χ0v) is 16.4. The Morgan fingerprint density at radius 1 is 1.04 bits per heavy atom. The van der Waals surface area contributed by atoms with Crippen LogP contribution in [0.2, 0.25) is 0 Å². The van der Waals surface area contributed by atoms with Gasteiger partial charge in [0.05, 0.1) is 6.61 Å². The number of benzene rings is 2. The first-order valence-corrected chi connectivity index (χ1v) is 8.83. The van der Waals surface area contributed by atoms with Crippen LogP contribution >= 0.6 is 8.58 Å². The van der Waals surface area contributed by atoms with Gasteiger partial charge in [0.1, 0.15) is 5.75 Å². The second kappa shape index (κ2) is 9.43. The third-order valence-electron chi connectivity index (χ3n) is 3.67. The molecule has 4 heteroatoms. The summed E-state index contributed by atoms with van der Waals surface area (Å²) in [4.78, 5) is 12.7. The van der Waals surface area contributed by atoms with Crippen LogP contribution in [0, 0.1) is 26.7 Å². The molecule has 2 rings (SSSR count). The van der Waals surface area contributed by atoms with Crippen LogP contribution in [0.25, 0.3) is 0 Å². The van der Waals surface area contributed by atoms with Gasteiger partial charge in [-0.15, -0.1) is 0 Å². The molecule has 0 fully saturated rings. The van der Waals surface area contributed by atoms with E-state index in [0.29, 0.717) is 12.5 Å². The van der Waals surface area contributed by atoms with Gasteiger partial charge in [0.15, 0.2) is 0 Å². The fraction of sp³-hybridized carbons (Fsp3) is 0.350. The van der Waals surface area contributed by atoms with Gasteiger partial charge in [0.2, 0.25) is 0 Å². The van der Waals surface area contributed by atoms with Gasteiger partial charge in [0.25, 0.3) is 0 Å². The molecule has 0 amide bonds. The third kappa shape index (κ3) is 5.49. The molecule has 0 unspecified atom stereocenters. The molecule has 24 heavy (non-hydrogen) atoms. The molecule has 0 aliphatic heterocycles. The molecule has 0 saturated carbocycles. The average molecular weight is 334 g/mol. The van der Waals surface area contributed by atoms with Crippen LogP contribution in [0.4, 0.5) is 0 Å². The number of carbonyl (C=O) groups is 1. The summed E-state index contributed by atoms with van der Waals surface area (Å²) in [6.45, 7) is 11.0. The number of ether oxygens (including phenoxy) is 1. The summed E-state index contributed by atoms with van der Waals surface area (Å²) < 4.78 is 5.74. The SMILES string of the molecule is Cc1cc(OCC(C)C)ccc1[P-]C(=O)c1c(C)cccc1C.[Li+]. The Morgan fingerprint density at radius 3 is 2.21 bits per heavy atom. The number of hydrogen-bond acceptors (Lipinski definition) is 2. The minimum absolute atomic E-state index is 0. The Morgan fingerprint density at radius 2 is 1.67 bits per heavy atom. The summed E-state index contributed by atoms with van der Waals surface area (Å²) in [5, 5.41) is 1.04. The Kier molecular flexibility index (Phi) is 8.24. The van der Waals surface area contributed by atoms with Gasteiger partial charge in [-0.25, -0.2) is 0 Å². The predicted molar refractivity (Wildman–Crippen MR) is 98.3 cm³/mol. The van der Waals surface area contributed by atoms with Crippen LogP contribution < -0.4 is 28.9 Å². The minimum Gasteiger partial charge on any atom is -0.493 e. The fourth-order valence-electron chi connectivity index (χ4n) is 2.42. The Labute approximate surface area is 159 Å². The molecule has 122 valence electrons. The van der Waals surface area contributed by atoms with Crippen LogP contribution in [0.3, 0.4) is 0 Å². The standard InChI is InChI=1S/C20H24O2P.Li/c1-13(2)12-22-17-9-10-18(16(5)11-17)23-20(21)19-14(3)7-6-8-15(19)4;/h6-11,13H,12H2,1-5H3;/q-1;+1. The van der Waals surface area contributed by atoms with E-state index >= 15 is 0 Å². The van der Waals surface area contributed by atoms with E-state index in [1.807, 2.05) is 57.2 Å². The maximum absolute atomic E-state index is 12.7. The van der Waals surface area contributed by atoms with Crippen molar-refractivity contribution in [2.45, 2.75) is 34.6 Å². The largest absolute Gasteiger partial charge is 1.00 e. The summed E-state index contributed by atoms with van der Waals surface area (Å²) in [7, 11) is 0.718. The number of aryl methyl sites for hydroxylation is 3. The second-order valence-electron chi connectivity index (χ2n) is 6.34. The molecule has 0 saturated heterocycles. The van der Waals surface area contributed by atoms with Gasteiger partial charge in [-0.2, -0.15) is 5.30 Å². The quantitative estimate of drug-likeness (QED) is 0.597. The third-order valence-corrected chi connectivity index (χ3v) is 4.84. The summed E-state index contributed by atoms with van der Waals surface area (Å²) in [5.74, 6) is 1.37. The number of hydrogen-bond donors (Lipinski definition) is 0. The van der Waals surface area contributed by atoms with E-state index in [9.17, 15) is 4.79 Å². The van der Waals surface area contributed by atoms with Gasteiger partial charge in [-0.05, 0) is 55.5 Å². The first kappa shape index (κ1) is 21.0. The summed E-state index contributed by atoms with van der Waals surface area (Å²) >= 11 is 0. The van der Waals surface area contributed by atoms with E-state index in [2.05, 4.69) is 13.8 Å². The van der Waals surface area contributed by atoms with Gasteiger partial charge >= 0.3 is 18.9 Å². The van der Waals surface area contributed by atoms with Crippen molar-refractivity contribution in [2.24, 2.45) is 5.92 Å². The van der Waals surface area contributed by atoms with Crippen molar-refractivity contribution < 1.29 is 28.4 Å². The maximum atomic E-state index is 12.7. The average Bonchev–Trinajstić information content (AvgIpc) is 2.47. The van der Waals surface area contributed by atoms with E-state index in [4.69, 9.17) is 4.74 Å². The van der Waals surface area contributed by atoms with Crippen LogP contribution in [0.5, 0.6) is 5.75 Å². The van der Waals surface area contributed by atoms with E-state index < -0.39 is 0 Å². The molecule has 0 aliphatic carbocycles. The minimum atomic E-state index is 0. The van der Waals surface area contributed by atoms with E-state index in [1.165, 1.54) is 0 Å². The van der Waals surface area contributed by atoms with Crippen LogP contribution in [0.1, 0.15) is 40.9 Å². The van der Waals surface area contributed by atoms with Crippen LogP contribution in [-0.4, -0.2) is 12.1 Å². The summed E-state index contributed by atoms with van der Waals surface area (Å²) in [6, 6.07) is 11.9.